The summed E-state index contributed by atoms with van der Waals surface area (Å²) in [5, 5.41) is 14.6. The van der Waals surface area contributed by atoms with Gasteiger partial charge < -0.3 is 9.15 Å². The number of hydrogen-bond donors (Lipinski definition) is 1. The number of non-ortho nitro benzene ring substituents is 1. The second kappa shape index (κ2) is 11.6. The molecule has 1 amide bonds. The minimum absolute atomic E-state index is 0.0330. The molecule has 1 N–H and O–H groups in total. The van der Waals surface area contributed by atoms with Gasteiger partial charge in [0.05, 0.1) is 29.1 Å². The smallest absolute Gasteiger partial charge is 0.338 e. The summed E-state index contributed by atoms with van der Waals surface area (Å²) in [6.07, 6.45) is 1.40. The average Bonchev–Trinajstić information content (AvgIpc) is 3.28. The van der Waals surface area contributed by atoms with Gasteiger partial charge in [0, 0.05) is 23.4 Å². The topological polar surface area (TPSA) is 124 Å². The van der Waals surface area contributed by atoms with Crippen LogP contribution < -0.4 is 5.43 Å². The van der Waals surface area contributed by atoms with Gasteiger partial charge in [-0.05, 0) is 36.8 Å². The van der Waals surface area contributed by atoms with Gasteiger partial charge in [-0.2, -0.15) is 5.10 Å². The van der Waals surface area contributed by atoms with E-state index in [0.29, 0.717) is 29.4 Å². The number of nitrogens with one attached hydrogen (secondary N) is 1. The molecule has 0 bridgehead atoms. The lowest BCUT2D eigenvalue weighted by atomic mass is 10.1. The lowest BCUT2D eigenvalue weighted by Crippen LogP contribution is -2.19. The molecular formula is C23H21N3O6S. The van der Waals surface area contributed by atoms with Crippen molar-refractivity contribution in [2.75, 3.05) is 12.4 Å². The number of furan rings is 1. The summed E-state index contributed by atoms with van der Waals surface area (Å²) in [5.74, 6) is 1.13. The molecule has 0 fully saturated rings. The fourth-order valence-electron chi connectivity index (χ4n) is 2.74. The van der Waals surface area contributed by atoms with Crippen LogP contribution in [0.4, 0.5) is 5.69 Å². The molecule has 9 nitrogen and oxygen atoms in total. The number of hydrogen-bond acceptors (Lipinski definition) is 8. The van der Waals surface area contributed by atoms with Gasteiger partial charge >= 0.3 is 5.97 Å². The molecule has 0 saturated carbocycles. The van der Waals surface area contributed by atoms with Crippen molar-refractivity contribution >= 4 is 35.5 Å². The average molecular weight is 468 g/mol. The molecule has 0 radical (unpaired) electrons. The number of nitrogens with zero attached hydrogens (tertiary/aromatic N) is 2. The van der Waals surface area contributed by atoms with Gasteiger partial charge in [-0.15, -0.1) is 11.8 Å². The van der Waals surface area contributed by atoms with Gasteiger partial charge in [0.15, 0.2) is 0 Å². The molecule has 1 heterocycles. The van der Waals surface area contributed by atoms with E-state index in [2.05, 4.69) is 10.5 Å². The second-order valence-corrected chi connectivity index (χ2v) is 7.69. The van der Waals surface area contributed by atoms with Crippen molar-refractivity contribution in [2.45, 2.75) is 12.7 Å². The highest BCUT2D eigenvalue weighted by Gasteiger charge is 2.09. The van der Waals surface area contributed by atoms with Crippen LogP contribution in [-0.4, -0.2) is 35.4 Å². The number of nitro groups is 1. The van der Waals surface area contributed by atoms with Crippen LogP contribution in [0.1, 0.15) is 28.6 Å². The van der Waals surface area contributed by atoms with Crippen LogP contribution in [0.2, 0.25) is 0 Å². The second-order valence-electron chi connectivity index (χ2n) is 6.71. The first-order valence-electron chi connectivity index (χ1n) is 9.96. The summed E-state index contributed by atoms with van der Waals surface area (Å²) >= 11 is 1.37. The summed E-state index contributed by atoms with van der Waals surface area (Å²) in [4.78, 5) is 33.9. The van der Waals surface area contributed by atoms with E-state index in [1.54, 1.807) is 55.5 Å². The van der Waals surface area contributed by atoms with E-state index in [4.69, 9.17) is 9.15 Å². The van der Waals surface area contributed by atoms with Crippen LogP contribution in [0.3, 0.4) is 0 Å². The predicted molar refractivity (Wildman–Crippen MR) is 125 cm³/mol. The largest absolute Gasteiger partial charge is 0.462 e. The molecule has 3 aromatic rings. The van der Waals surface area contributed by atoms with Crippen molar-refractivity contribution in [3.8, 4) is 11.3 Å². The summed E-state index contributed by atoms with van der Waals surface area (Å²) < 4.78 is 10.7. The highest BCUT2D eigenvalue weighted by Crippen LogP contribution is 2.22. The third-order valence-corrected chi connectivity index (χ3v) is 5.34. The van der Waals surface area contributed by atoms with Crippen LogP contribution in [0, 0.1) is 10.1 Å². The van der Waals surface area contributed by atoms with Gasteiger partial charge in [-0.25, -0.2) is 10.2 Å². The Bertz CT molecular complexity index is 1140. The van der Waals surface area contributed by atoms with Gasteiger partial charge in [0.2, 0.25) is 5.91 Å². The Morgan fingerprint density at radius 3 is 2.52 bits per heavy atom. The number of nitro benzene ring substituents is 1. The molecule has 170 valence electrons. The summed E-state index contributed by atoms with van der Waals surface area (Å²) in [6.45, 7) is 2.07. The Labute approximate surface area is 194 Å². The molecule has 0 spiro atoms. The lowest BCUT2D eigenvalue weighted by Gasteiger charge is -2.02. The maximum absolute atomic E-state index is 11.9. The standard InChI is InChI=1S/C23H21N3O6S/c1-2-31-23(28)18-7-5-17(6-8-18)21-12-11-20(32-21)13-24-25-22(27)15-33-14-16-3-9-19(10-4-16)26(29)30/h3-13H,2,14-15H2,1H3,(H,25,27)/b24-13+. The normalized spacial score (nSPS) is 10.8. The third-order valence-electron chi connectivity index (χ3n) is 4.34. The van der Waals surface area contributed by atoms with Gasteiger partial charge in [-0.1, -0.05) is 24.3 Å². The molecule has 2 aromatic carbocycles. The van der Waals surface area contributed by atoms with Crippen LogP contribution in [0.25, 0.3) is 11.3 Å². The predicted octanol–water partition coefficient (Wildman–Crippen LogP) is 4.42. The number of ether oxygens (including phenoxy) is 1. The van der Waals surface area contributed by atoms with Crippen molar-refractivity contribution in [3.05, 3.63) is 87.7 Å². The Balaban J connectivity index is 1.44. The van der Waals surface area contributed by atoms with Crippen molar-refractivity contribution in [1.82, 2.24) is 5.43 Å². The van der Waals surface area contributed by atoms with E-state index in [0.717, 1.165) is 11.1 Å². The fraction of sp³-hybridized carbons (Fsp3) is 0.174. The van der Waals surface area contributed by atoms with Crippen LogP contribution in [0.15, 0.2) is 70.2 Å². The molecule has 0 aliphatic heterocycles. The Kier molecular flexibility index (Phi) is 8.36. The zero-order valence-corrected chi connectivity index (χ0v) is 18.5. The molecule has 0 unspecified atom stereocenters. The molecule has 0 aliphatic rings. The molecule has 0 aliphatic carbocycles. The zero-order valence-electron chi connectivity index (χ0n) is 17.7. The molecule has 0 saturated heterocycles. The Morgan fingerprint density at radius 1 is 1.12 bits per heavy atom. The highest BCUT2D eigenvalue weighted by atomic mass is 32.2. The van der Waals surface area contributed by atoms with E-state index < -0.39 is 4.92 Å². The molecule has 0 atom stereocenters. The number of carbonyl (C=O) groups is 2. The fourth-order valence-corrected chi connectivity index (χ4v) is 3.52. The third kappa shape index (κ3) is 7.04. The van der Waals surface area contributed by atoms with E-state index in [1.807, 2.05) is 0 Å². The minimum atomic E-state index is -0.452. The van der Waals surface area contributed by atoms with Crippen molar-refractivity contribution in [2.24, 2.45) is 5.10 Å². The first-order valence-corrected chi connectivity index (χ1v) is 11.1. The Morgan fingerprint density at radius 2 is 1.85 bits per heavy atom. The van der Waals surface area contributed by atoms with Crippen LogP contribution in [0.5, 0.6) is 0 Å². The first-order chi connectivity index (χ1) is 16.0. The van der Waals surface area contributed by atoms with Crippen molar-refractivity contribution in [3.63, 3.8) is 0 Å². The summed E-state index contributed by atoms with van der Waals surface area (Å²) in [5.41, 5.74) is 4.60. The quantitative estimate of drug-likeness (QED) is 0.203. The van der Waals surface area contributed by atoms with Crippen molar-refractivity contribution < 1.29 is 23.7 Å². The number of amides is 1. The SMILES string of the molecule is CCOC(=O)c1ccc(-c2ccc(/C=N/NC(=O)CSCc3ccc([N+](=O)[O-])cc3)o2)cc1. The molecular weight excluding hydrogens is 446 g/mol. The lowest BCUT2D eigenvalue weighted by molar-refractivity contribution is -0.384. The van der Waals surface area contributed by atoms with Crippen LogP contribution in [-0.2, 0) is 15.3 Å². The van der Waals surface area contributed by atoms with E-state index >= 15 is 0 Å². The number of benzene rings is 2. The number of carbonyl (C=O) groups excluding carboxylic acids is 2. The van der Waals surface area contributed by atoms with Gasteiger partial charge in [0.1, 0.15) is 11.5 Å². The number of hydrazone groups is 1. The molecule has 10 heteroatoms. The zero-order chi connectivity index (χ0) is 23.6. The molecule has 3 rings (SSSR count). The molecule has 1 aromatic heterocycles. The van der Waals surface area contributed by atoms with Crippen LogP contribution >= 0.6 is 11.8 Å². The number of rotatable bonds is 10. The van der Waals surface area contributed by atoms with E-state index in [1.165, 1.54) is 30.1 Å². The first kappa shape index (κ1) is 23.7. The monoisotopic (exact) mass is 467 g/mol. The Hall–Kier alpha value is -3.92. The van der Waals surface area contributed by atoms with E-state index in [9.17, 15) is 19.7 Å². The van der Waals surface area contributed by atoms with Crippen molar-refractivity contribution in [1.29, 1.82) is 0 Å². The minimum Gasteiger partial charge on any atom is -0.462 e. The summed E-state index contributed by atoms with van der Waals surface area (Å²) in [7, 11) is 0. The maximum atomic E-state index is 11.9. The number of esters is 1. The number of thioether (sulfide) groups is 1. The highest BCUT2D eigenvalue weighted by molar-refractivity contribution is 7.99. The molecule has 33 heavy (non-hydrogen) atoms. The maximum Gasteiger partial charge on any atom is 0.338 e. The van der Waals surface area contributed by atoms with Gasteiger partial charge in [0.25, 0.3) is 5.69 Å². The van der Waals surface area contributed by atoms with E-state index in [-0.39, 0.29) is 23.3 Å². The van der Waals surface area contributed by atoms with Gasteiger partial charge in [-0.3, -0.25) is 14.9 Å². The summed E-state index contributed by atoms with van der Waals surface area (Å²) in [6, 6.07) is 16.5.